The summed E-state index contributed by atoms with van der Waals surface area (Å²) in [5.74, 6) is -3.10. The first-order chi connectivity index (χ1) is 9.88. The predicted octanol–water partition coefficient (Wildman–Crippen LogP) is 1.45. The highest BCUT2D eigenvalue weighted by Crippen LogP contribution is 2.28. The molecule has 0 aliphatic heterocycles. The fourth-order valence-electron chi connectivity index (χ4n) is 2.43. The Hall–Kier alpha value is -1.85. The predicted molar refractivity (Wildman–Crippen MR) is 76.5 cm³/mol. The third kappa shape index (κ3) is 4.58. The zero-order valence-electron chi connectivity index (χ0n) is 12.7. The van der Waals surface area contributed by atoms with Gasteiger partial charge in [0.05, 0.1) is 18.4 Å². The number of rotatable bonds is 6. The second-order valence-electron chi connectivity index (χ2n) is 5.36. The molecule has 0 aromatic rings. The van der Waals surface area contributed by atoms with Crippen LogP contribution >= 0.6 is 0 Å². The molecule has 0 radical (unpaired) electrons. The number of ether oxygens (including phenoxy) is 1. The number of carboxylic acid groups (broad SMARTS) is 1. The van der Waals surface area contributed by atoms with Crippen LogP contribution in [0.3, 0.4) is 0 Å². The van der Waals surface area contributed by atoms with Crippen LogP contribution in [0.5, 0.6) is 0 Å². The molecule has 1 N–H and O–H groups in total. The van der Waals surface area contributed by atoms with Gasteiger partial charge < -0.3 is 14.7 Å². The Labute approximate surface area is 124 Å². The maximum absolute atomic E-state index is 12.6. The number of hydrogen-bond donors (Lipinski definition) is 1. The summed E-state index contributed by atoms with van der Waals surface area (Å²) in [5.41, 5.74) is 0. The molecule has 6 heteroatoms. The van der Waals surface area contributed by atoms with Crippen molar-refractivity contribution in [2.24, 2.45) is 11.8 Å². The van der Waals surface area contributed by atoms with Crippen LogP contribution in [0.4, 0.5) is 0 Å². The van der Waals surface area contributed by atoms with Gasteiger partial charge in [0.15, 0.2) is 0 Å². The van der Waals surface area contributed by atoms with Gasteiger partial charge in [-0.15, -0.1) is 0 Å². The fraction of sp³-hybridized carbons (Fsp3) is 0.667. The Balaban J connectivity index is 2.86. The second-order valence-corrected chi connectivity index (χ2v) is 5.36. The van der Waals surface area contributed by atoms with E-state index in [-0.39, 0.29) is 25.1 Å². The largest absolute Gasteiger partial charge is 0.481 e. The summed E-state index contributed by atoms with van der Waals surface area (Å²) < 4.78 is 4.87. The topological polar surface area (TPSA) is 83.9 Å². The van der Waals surface area contributed by atoms with Crippen LogP contribution in [-0.4, -0.2) is 47.0 Å². The zero-order valence-corrected chi connectivity index (χ0v) is 12.7. The Morgan fingerprint density at radius 3 is 2.29 bits per heavy atom. The molecule has 0 heterocycles. The van der Waals surface area contributed by atoms with Gasteiger partial charge in [0.2, 0.25) is 5.91 Å². The molecule has 21 heavy (non-hydrogen) atoms. The highest BCUT2D eigenvalue weighted by Gasteiger charge is 2.37. The number of hydrogen-bond acceptors (Lipinski definition) is 4. The van der Waals surface area contributed by atoms with E-state index in [1.54, 1.807) is 26.8 Å². The van der Waals surface area contributed by atoms with E-state index >= 15 is 0 Å². The Morgan fingerprint density at radius 1 is 1.24 bits per heavy atom. The number of amides is 1. The molecule has 0 fully saturated rings. The molecule has 1 rings (SSSR count). The van der Waals surface area contributed by atoms with Crippen molar-refractivity contribution in [2.45, 2.75) is 39.7 Å². The van der Waals surface area contributed by atoms with Crippen LogP contribution in [0.25, 0.3) is 0 Å². The zero-order chi connectivity index (χ0) is 16.0. The molecule has 0 bridgehead atoms. The molecule has 2 atom stereocenters. The summed E-state index contributed by atoms with van der Waals surface area (Å²) in [6.07, 6.45) is 4.34. The Kier molecular flexibility index (Phi) is 6.39. The van der Waals surface area contributed by atoms with Crippen molar-refractivity contribution in [3.63, 3.8) is 0 Å². The maximum Gasteiger partial charge on any atom is 0.325 e. The lowest BCUT2D eigenvalue weighted by Crippen LogP contribution is -2.47. The van der Waals surface area contributed by atoms with E-state index in [4.69, 9.17) is 4.74 Å². The van der Waals surface area contributed by atoms with Crippen molar-refractivity contribution in [3.05, 3.63) is 12.2 Å². The number of carbonyl (C=O) groups is 3. The van der Waals surface area contributed by atoms with Gasteiger partial charge in [-0.3, -0.25) is 14.4 Å². The SMILES string of the molecule is CCOC(=O)CN(C(=O)[C@@H]1CC=CC[C@@H]1C(=O)O)C(C)C. The van der Waals surface area contributed by atoms with Crippen LogP contribution in [-0.2, 0) is 19.1 Å². The number of allylic oxidation sites excluding steroid dienone is 2. The lowest BCUT2D eigenvalue weighted by atomic mass is 9.82. The molecule has 0 spiro atoms. The van der Waals surface area contributed by atoms with E-state index in [1.807, 2.05) is 6.08 Å². The van der Waals surface area contributed by atoms with Gasteiger partial charge in [0.1, 0.15) is 6.54 Å². The van der Waals surface area contributed by atoms with Crippen molar-refractivity contribution in [1.29, 1.82) is 0 Å². The van der Waals surface area contributed by atoms with Crippen LogP contribution in [0, 0.1) is 11.8 Å². The van der Waals surface area contributed by atoms with E-state index in [1.165, 1.54) is 4.90 Å². The summed E-state index contributed by atoms with van der Waals surface area (Å²) in [7, 11) is 0. The second kappa shape index (κ2) is 7.81. The highest BCUT2D eigenvalue weighted by molar-refractivity contribution is 5.88. The summed E-state index contributed by atoms with van der Waals surface area (Å²) in [6.45, 7) is 5.41. The van der Waals surface area contributed by atoms with Crippen molar-refractivity contribution in [2.75, 3.05) is 13.2 Å². The smallest absolute Gasteiger partial charge is 0.325 e. The normalized spacial score (nSPS) is 21.1. The van der Waals surface area contributed by atoms with Crippen molar-refractivity contribution < 1.29 is 24.2 Å². The minimum atomic E-state index is -0.974. The number of esters is 1. The van der Waals surface area contributed by atoms with Crippen LogP contribution < -0.4 is 0 Å². The van der Waals surface area contributed by atoms with Crippen LogP contribution in [0.15, 0.2) is 12.2 Å². The first-order valence-electron chi connectivity index (χ1n) is 7.22. The molecular weight excluding hydrogens is 274 g/mol. The molecule has 0 aromatic heterocycles. The Morgan fingerprint density at radius 2 is 1.81 bits per heavy atom. The number of nitrogens with zero attached hydrogens (tertiary/aromatic N) is 1. The van der Waals surface area contributed by atoms with Gasteiger partial charge >= 0.3 is 11.9 Å². The molecule has 0 unspecified atom stereocenters. The molecule has 0 aromatic carbocycles. The van der Waals surface area contributed by atoms with Gasteiger partial charge in [0.25, 0.3) is 0 Å². The third-order valence-electron chi connectivity index (χ3n) is 3.58. The lowest BCUT2D eigenvalue weighted by Gasteiger charge is -2.32. The van der Waals surface area contributed by atoms with E-state index in [9.17, 15) is 19.5 Å². The Bertz CT molecular complexity index is 430. The van der Waals surface area contributed by atoms with Crippen molar-refractivity contribution >= 4 is 17.8 Å². The maximum atomic E-state index is 12.6. The third-order valence-corrected chi connectivity index (χ3v) is 3.58. The van der Waals surface area contributed by atoms with Crippen molar-refractivity contribution in [1.82, 2.24) is 4.90 Å². The molecule has 1 aliphatic carbocycles. The summed E-state index contributed by atoms with van der Waals surface area (Å²) in [4.78, 5) is 36.9. The molecule has 6 nitrogen and oxygen atoms in total. The van der Waals surface area contributed by atoms with Crippen molar-refractivity contribution in [3.8, 4) is 0 Å². The summed E-state index contributed by atoms with van der Waals surface area (Å²) in [6, 6.07) is -0.192. The average molecular weight is 297 g/mol. The van der Waals surface area contributed by atoms with Gasteiger partial charge in [0, 0.05) is 6.04 Å². The highest BCUT2D eigenvalue weighted by atomic mass is 16.5. The van der Waals surface area contributed by atoms with Gasteiger partial charge in [-0.25, -0.2) is 0 Å². The van der Waals surface area contributed by atoms with Gasteiger partial charge in [-0.2, -0.15) is 0 Å². The molecule has 0 saturated carbocycles. The number of aliphatic carboxylic acids is 1. The van der Waals surface area contributed by atoms with E-state index in [2.05, 4.69) is 0 Å². The van der Waals surface area contributed by atoms with E-state index in [0.29, 0.717) is 12.8 Å². The minimum Gasteiger partial charge on any atom is -0.481 e. The summed E-state index contributed by atoms with van der Waals surface area (Å²) in [5, 5.41) is 9.25. The van der Waals surface area contributed by atoms with E-state index in [0.717, 1.165) is 0 Å². The van der Waals surface area contributed by atoms with Gasteiger partial charge in [-0.1, -0.05) is 12.2 Å². The number of carboxylic acids is 1. The minimum absolute atomic E-state index is 0.142. The molecule has 1 aliphatic rings. The molecular formula is C15H23NO5. The number of carbonyl (C=O) groups excluding carboxylic acids is 2. The fourth-order valence-corrected chi connectivity index (χ4v) is 2.43. The molecule has 118 valence electrons. The lowest BCUT2D eigenvalue weighted by molar-refractivity contribution is -0.155. The first-order valence-corrected chi connectivity index (χ1v) is 7.22. The first kappa shape index (κ1) is 17.2. The van der Waals surface area contributed by atoms with Crippen LogP contribution in [0.2, 0.25) is 0 Å². The standard InChI is InChI=1S/C15H23NO5/c1-4-21-13(17)9-16(10(2)3)14(18)11-7-5-6-8-12(11)15(19)20/h5-6,10-12H,4,7-9H2,1-3H3,(H,19,20)/t11-,12+/m1/s1. The van der Waals surface area contributed by atoms with Gasteiger partial charge in [-0.05, 0) is 33.6 Å². The molecule has 0 saturated heterocycles. The average Bonchev–Trinajstić information content (AvgIpc) is 2.44. The summed E-state index contributed by atoms with van der Waals surface area (Å²) >= 11 is 0. The molecule has 1 amide bonds. The van der Waals surface area contributed by atoms with Crippen LogP contribution in [0.1, 0.15) is 33.6 Å². The quantitative estimate of drug-likeness (QED) is 0.592. The monoisotopic (exact) mass is 297 g/mol. The van der Waals surface area contributed by atoms with E-state index < -0.39 is 23.8 Å².